The minimum atomic E-state index is 0.321. The van der Waals surface area contributed by atoms with Crippen LogP contribution in [0, 0.1) is 11.3 Å². The van der Waals surface area contributed by atoms with Gasteiger partial charge in [0, 0.05) is 37.8 Å². The maximum atomic E-state index is 5.82. The number of nitrogens with one attached hydrogen (secondary N) is 1. The first-order valence-corrected chi connectivity index (χ1v) is 8.93. The van der Waals surface area contributed by atoms with E-state index in [4.69, 9.17) is 4.74 Å². The van der Waals surface area contributed by atoms with Gasteiger partial charge in [0.2, 0.25) is 0 Å². The van der Waals surface area contributed by atoms with Crippen molar-refractivity contribution in [3.63, 3.8) is 0 Å². The summed E-state index contributed by atoms with van der Waals surface area (Å²) in [6.07, 6.45) is 5.22. The summed E-state index contributed by atoms with van der Waals surface area (Å²) in [4.78, 5) is 2.70. The third kappa shape index (κ3) is 4.67. The molecule has 0 bridgehead atoms. The van der Waals surface area contributed by atoms with Crippen molar-refractivity contribution in [1.29, 1.82) is 0 Å². The van der Waals surface area contributed by atoms with Gasteiger partial charge in [-0.05, 0) is 37.5 Å². The lowest BCUT2D eigenvalue weighted by Gasteiger charge is -2.51. The fourth-order valence-corrected chi connectivity index (χ4v) is 3.66. The Morgan fingerprint density at radius 1 is 1.24 bits per heavy atom. The van der Waals surface area contributed by atoms with E-state index in [-0.39, 0.29) is 0 Å². The lowest BCUT2D eigenvalue weighted by Crippen LogP contribution is -2.67. The molecule has 0 amide bonds. The molecule has 2 atom stereocenters. The first-order valence-electron chi connectivity index (χ1n) is 8.93. The number of ether oxygens (including phenoxy) is 1. The van der Waals surface area contributed by atoms with Crippen LogP contribution in [0.1, 0.15) is 60.3 Å². The van der Waals surface area contributed by atoms with Crippen LogP contribution in [0.2, 0.25) is 0 Å². The van der Waals surface area contributed by atoms with Gasteiger partial charge in [0.25, 0.3) is 0 Å². The molecule has 1 aliphatic carbocycles. The summed E-state index contributed by atoms with van der Waals surface area (Å²) in [5, 5.41) is 3.87. The molecule has 1 saturated heterocycles. The summed E-state index contributed by atoms with van der Waals surface area (Å²) in [7, 11) is 0. The van der Waals surface area contributed by atoms with Gasteiger partial charge in [0.1, 0.15) is 0 Å². The summed E-state index contributed by atoms with van der Waals surface area (Å²) in [6.45, 7) is 16.9. The van der Waals surface area contributed by atoms with Crippen molar-refractivity contribution in [1.82, 2.24) is 10.2 Å². The van der Waals surface area contributed by atoms with Crippen molar-refractivity contribution in [2.24, 2.45) is 11.3 Å². The van der Waals surface area contributed by atoms with Crippen LogP contribution in [0.3, 0.4) is 0 Å². The number of unbranched alkanes of at least 4 members (excludes halogenated alkanes) is 1. The minimum absolute atomic E-state index is 0.321. The molecule has 2 fully saturated rings. The highest BCUT2D eigenvalue weighted by molar-refractivity contribution is 5.05. The SMILES string of the molecule is CCCCOCCN1CC(C)(C2CC2)NCC1C(C)(C)C. The van der Waals surface area contributed by atoms with Gasteiger partial charge in [-0.25, -0.2) is 0 Å². The van der Waals surface area contributed by atoms with Crippen molar-refractivity contribution >= 4 is 0 Å². The predicted octanol–water partition coefficient (Wildman–Crippen LogP) is 3.29. The largest absolute Gasteiger partial charge is 0.380 e. The number of piperazine rings is 1. The second-order valence-corrected chi connectivity index (χ2v) is 8.39. The summed E-state index contributed by atoms with van der Waals surface area (Å²) in [5.74, 6) is 0.891. The third-order valence-corrected chi connectivity index (χ3v) is 5.31. The van der Waals surface area contributed by atoms with Crippen LogP contribution < -0.4 is 5.32 Å². The molecule has 124 valence electrons. The number of hydrogen-bond donors (Lipinski definition) is 1. The monoisotopic (exact) mass is 296 g/mol. The molecule has 3 nitrogen and oxygen atoms in total. The molecule has 0 radical (unpaired) electrons. The molecule has 0 aromatic rings. The van der Waals surface area contributed by atoms with Gasteiger partial charge < -0.3 is 10.1 Å². The van der Waals surface area contributed by atoms with E-state index >= 15 is 0 Å². The van der Waals surface area contributed by atoms with E-state index in [1.54, 1.807) is 0 Å². The fraction of sp³-hybridized carbons (Fsp3) is 1.00. The van der Waals surface area contributed by atoms with E-state index in [0.29, 0.717) is 17.0 Å². The zero-order valence-corrected chi connectivity index (χ0v) is 14.9. The molecule has 2 unspecified atom stereocenters. The molecule has 21 heavy (non-hydrogen) atoms. The predicted molar refractivity (Wildman–Crippen MR) is 89.7 cm³/mol. The Bertz CT molecular complexity index is 322. The average Bonchev–Trinajstić information content (AvgIpc) is 3.21. The van der Waals surface area contributed by atoms with E-state index in [9.17, 15) is 0 Å². The van der Waals surface area contributed by atoms with Gasteiger partial charge in [-0.2, -0.15) is 0 Å². The normalized spacial score (nSPS) is 31.6. The first kappa shape index (κ1) is 17.2. The van der Waals surface area contributed by atoms with Crippen LogP contribution in [0.25, 0.3) is 0 Å². The maximum absolute atomic E-state index is 5.82. The molecule has 2 rings (SSSR count). The fourth-order valence-electron chi connectivity index (χ4n) is 3.66. The average molecular weight is 296 g/mol. The molecule has 0 spiro atoms. The van der Waals surface area contributed by atoms with E-state index < -0.39 is 0 Å². The molecule has 0 aromatic carbocycles. The van der Waals surface area contributed by atoms with Crippen LogP contribution in [0.5, 0.6) is 0 Å². The minimum Gasteiger partial charge on any atom is -0.380 e. The Morgan fingerprint density at radius 3 is 2.52 bits per heavy atom. The van der Waals surface area contributed by atoms with Gasteiger partial charge >= 0.3 is 0 Å². The Morgan fingerprint density at radius 2 is 1.95 bits per heavy atom. The second kappa shape index (κ2) is 6.97. The molecule has 2 aliphatic rings. The Hall–Kier alpha value is -0.120. The van der Waals surface area contributed by atoms with E-state index in [1.165, 1.54) is 32.2 Å². The lowest BCUT2D eigenvalue weighted by molar-refractivity contribution is -0.00107. The van der Waals surface area contributed by atoms with Crippen molar-refractivity contribution in [3.8, 4) is 0 Å². The second-order valence-electron chi connectivity index (χ2n) is 8.39. The zero-order chi connectivity index (χ0) is 15.5. The maximum Gasteiger partial charge on any atom is 0.0593 e. The van der Waals surface area contributed by atoms with Crippen molar-refractivity contribution in [2.45, 2.75) is 71.9 Å². The number of nitrogens with zero attached hydrogens (tertiary/aromatic N) is 1. The number of rotatable bonds is 7. The molecular weight excluding hydrogens is 260 g/mol. The molecule has 1 aliphatic heterocycles. The molecule has 1 saturated carbocycles. The van der Waals surface area contributed by atoms with Gasteiger partial charge in [-0.1, -0.05) is 34.1 Å². The highest BCUT2D eigenvalue weighted by Gasteiger charge is 2.47. The molecular formula is C18H36N2O. The van der Waals surface area contributed by atoms with Crippen molar-refractivity contribution in [2.75, 3.05) is 32.8 Å². The summed E-state index contributed by atoms with van der Waals surface area (Å²) in [5.41, 5.74) is 0.645. The van der Waals surface area contributed by atoms with Gasteiger partial charge in [0.05, 0.1) is 6.61 Å². The van der Waals surface area contributed by atoms with Crippen LogP contribution >= 0.6 is 0 Å². The lowest BCUT2D eigenvalue weighted by atomic mass is 9.81. The molecule has 1 N–H and O–H groups in total. The van der Waals surface area contributed by atoms with Crippen LogP contribution in [0.15, 0.2) is 0 Å². The van der Waals surface area contributed by atoms with Crippen LogP contribution in [-0.2, 0) is 4.74 Å². The molecule has 3 heteroatoms. The Balaban J connectivity index is 1.89. The first-order chi connectivity index (χ1) is 9.87. The number of hydrogen-bond acceptors (Lipinski definition) is 3. The smallest absolute Gasteiger partial charge is 0.0593 e. The van der Waals surface area contributed by atoms with E-state index in [0.717, 1.165) is 32.2 Å². The quantitative estimate of drug-likeness (QED) is 0.730. The van der Waals surface area contributed by atoms with Gasteiger partial charge in [-0.15, -0.1) is 0 Å². The van der Waals surface area contributed by atoms with Crippen molar-refractivity contribution < 1.29 is 4.74 Å². The van der Waals surface area contributed by atoms with Gasteiger partial charge in [-0.3, -0.25) is 4.90 Å². The Labute approximate surface area is 131 Å². The highest BCUT2D eigenvalue weighted by Crippen LogP contribution is 2.42. The molecule has 0 aromatic heterocycles. The van der Waals surface area contributed by atoms with Gasteiger partial charge in [0.15, 0.2) is 0 Å². The summed E-state index contributed by atoms with van der Waals surface area (Å²) < 4.78 is 5.82. The van der Waals surface area contributed by atoms with Crippen LogP contribution in [-0.4, -0.2) is 49.3 Å². The van der Waals surface area contributed by atoms with Crippen LogP contribution in [0.4, 0.5) is 0 Å². The summed E-state index contributed by atoms with van der Waals surface area (Å²) in [6, 6.07) is 0.610. The zero-order valence-electron chi connectivity index (χ0n) is 14.9. The third-order valence-electron chi connectivity index (χ3n) is 5.31. The van der Waals surface area contributed by atoms with Crippen molar-refractivity contribution in [3.05, 3.63) is 0 Å². The Kier molecular flexibility index (Phi) is 5.72. The standard InChI is InChI=1S/C18H36N2O/c1-6-7-11-21-12-10-20-14-18(5,15-8-9-15)19-13-16(20)17(2,3)4/h15-16,19H,6-14H2,1-5H3. The summed E-state index contributed by atoms with van der Waals surface area (Å²) >= 11 is 0. The van der Waals surface area contributed by atoms with E-state index in [2.05, 4.69) is 44.8 Å². The molecule has 1 heterocycles. The van der Waals surface area contributed by atoms with E-state index in [1.807, 2.05) is 0 Å². The topological polar surface area (TPSA) is 24.5 Å². The highest BCUT2D eigenvalue weighted by atomic mass is 16.5.